The van der Waals surface area contributed by atoms with Crippen molar-refractivity contribution in [2.24, 2.45) is 5.92 Å². The van der Waals surface area contributed by atoms with Gasteiger partial charge in [-0.2, -0.15) is 18.2 Å². The molecule has 164 valence electrons. The van der Waals surface area contributed by atoms with Crippen LogP contribution in [-0.2, 0) is 6.18 Å². The summed E-state index contributed by atoms with van der Waals surface area (Å²) in [5.41, 5.74) is 0.774. The highest BCUT2D eigenvalue weighted by Gasteiger charge is 2.30. The van der Waals surface area contributed by atoms with E-state index >= 15 is 0 Å². The lowest BCUT2D eigenvalue weighted by Gasteiger charge is -2.21. The summed E-state index contributed by atoms with van der Waals surface area (Å²) in [6.45, 7) is 3.80. The predicted molar refractivity (Wildman–Crippen MR) is 117 cm³/mol. The van der Waals surface area contributed by atoms with Crippen molar-refractivity contribution in [3.63, 3.8) is 0 Å². The number of aromatic nitrogens is 3. The van der Waals surface area contributed by atoms with Gasteiger partial charge in [-0.1, -0.05) is 19.9 Å². The summed E-state index contributed by atoms with van der Waals surface area (Å²) >= 11 is 3.18. The average Bonchev–Trinajstić information content (AvgIpc) is 2.73. The van der Waals surface area contributed by atoms with Gasteiger partial charge in [0.25, 0.3) is 0 Å². The fourth-order valence-electron chi connectivity index (χ4n) is 2.74. The summed E-state index contributed by atoms with van der Waals surface area (Å²) in [6.07, 6.45) is -2.80. The largest absolute Gasteiger partial charge is 0.416 e. The molecule has 0 aliphatic rings. The Morgan fingerprint density at radius 1 is 1.06 bits per heavy atom. The van der Waals surface area contributed by atoms with Crippen molar-refractivity contribution in [3.8, 4) is 11.4 Å². The molecule has 3 aromatic rings. The van der Waals surface area contributed by atoms with Gasteiger partial charge in [-0.05, 0) is 52.2 Å². The number of benzene rings is 1. The van der Waals surface area contributed by atoms with E-state index in [1.165, 1.54) is 6.07 Å². The van der Waals surface area contributed by atoms with Crippen LogP contribution in [0.25, 0.3) is 11.4 Å². The maximum Gasteiger partial charge on any atom is 0.416 e. The molecule has 2 aromatic heterocycles. The highest BCUT2D eigenvalue weighted by atomic mass is 79.9. The van der Waals surface area contributed by atoms with Crippen LogP contribution in [0.2, 0.25) is 0 Å². The van der Waals surface area contributed by atoms with Gasteiger partial charge in [0.2, 0.25) is 5.95 Å². The zero-order valence-electron chi connectivity index (χ0n) is 16.8. The average molecular weight is 496 g/mol. The molecule has 6 nitrogen and oxygen atoms in total. The Bertz CT molecular complexity index is 1030. The minimum Gasteiger partial charge on any atom is -0.394 e. The Kier molecular flexibility index (Phi) is 7.11. The van der Waals surface area contributed by atoms with Crippen LogP contribution in [0.15, 0.2) is 53.1 Å². The topological polar surface area (TPSA) is 83.0 Å². The van der Waals surface area contributed by atoms with E-state index in [-0.39, 0.29) is 29.0 Å². The van der Waals surface area contributed by atoms with Gasteiger partial charge in [0.1, 0.15) is 5.82 Å². The molecule has 0 unspecified atom stereocenters. The fourth-order valence-corrected chi connectivity index (χ4v) is 3.22. The molecule has 0 saturated carbocycles. The molecule has 0 aliphatic carbocycles. The number of hydrogen-bond donors (Lipinski definition) is 3. The maximum absolute atomic E-state index is 12.9. The molecule has 0 saturated heterocycles. The van der Waals surface area contributed by atoms with Crippen molar-refractivity contribution in [2.45, 2.75) is 26.1 Å². The predicted octanol–water partition coefficient (Wildman–Crippen LogP) is 5.49. The van der Waals surface area contributed by atoms with E-state index in [9.17, 15) is 18.3 Å². The zero-order valence-corrected chi connectivity index (χ0v) is 18.4. The van der Waals surface area contributed by atoms with Gasteiger partial charge in [0.05, 0.1) is 35.3 Å². The second-order valence-corrected chi connectivity index (χ2v) is 8.03. The Morgan fingerprint density at radius 2 is 1.84 bits per heavy atom. The summed E-state index contributed by atoms with van der Waals surface area (Å²) in [4.78, 5) is 13.2. The van der Waals surface area contributed by atoms with Gasteiger partial charge in [-0.25, -0.2) is 4.98 Å². The second-order valence-electron chi connectivity index (χ2n) is 7.17. The van der Waals surface area contributed by atoms with E-state index in [0.29, 0.717) is 22.9 Å². The molecule has 0 bridgehead atoms. The van der Waals surface area contributed by atoms with Crippen LogP contribution in [0.1, 0.15) is 19.4 Å². The first-order valence-corrected chi connectivity index (χ1v) is 10.3. The Balaban J connectivity index is 1.98. The second kappa shape index (κ2) is 9.61. The van der Waals surface area contributed by atoms with E-state index < -0.39 is 11.7 Å². The number of nitrogens with zero attached hydrogens (tertiary/aromatic N) is 3. The van der Waals surface area contributed by atoms with Crippen LogP contribution in [0.5, 0.6) is 0 Å². The Morgan fingerprint density at radius 3 is 2.42 bits per heavy atom. The van der Waals surface area contributed by atoms with Gasteiger partial charge < -0.3 is 15.7 Å². The molecule has 3 rings (SSSR count). The molecular formula is C21H21BrF3N5O. The summed E-state index contributed by atoms with van der Waals surface area (Å²) in [5, 5.41) is 15.8. The van der Waals surface area contributed by atoms with Crippen LogP contribution in [-0.4, -0.2) is 32.7 Å². The van der Waals surface area contributed by atoms with Crippen LogP contribution >= 0.6 is 15.9 Å². The number of halogens is 4. The number of hydrogen-bond acceptors (Lipinski definition) is 6. The first kappa shape index (κ1) is 23.0. The molecule has 31 heavy (non-hydrogen) atoms. The number of rotatable bonds is 7. The van der Waals surface area contributed by atoms with Gasteiger partial charge in [0, 0.05) is 16.7 Å². The zero-order chi connectivity index (χ0) is 22.6. The monoisotopic (exact) mass is 495 g/mol. The summed E-state index contributed by atoms with van der Waals surface area (Å²) in [6, 6.07) is 10.1. The summed E-state index contributed by atoms with van der Waals surface area (Å²) in [7, 11) is 0. The lowest BCUT2D eigenvalue weighted by molar-refractivity contribution is -0.137. The third-order valence-corrected chi connectivity index (χ3v) is 5.18. The number of pyridine rings is 1. The molecule has 1 aromatic carbocycles. The van der Waals surface area contributed by atoms with Crippen molar-refractivity contribution in [3.05, 3.63) is 58.7 Å². The molecule has 0 aliphatic heterocycles. The number of nitrogens with one attached hydrogen (secondary N) is 2. The molecule has 3 N–H and O–H groups in total. The quantitative estimate of drug-likeness (QED) is 0.401. The van der Waals surface area contributed by atoms with Crippen LogP contribution in [0.3, 0.4) is 0 Å². The standard InChI is InChI=1S/C21H21BrF3N5O/c1-12(2)18(11-31)29-20-28-17(16-5-3-4-8-26-16)10-19(30-20)27-15-7-6-13(9-14(15)22)21(23,24)25/h3-10,12,18,31H,11H2,1-2H3,(H2,27,28,29,30)/t18-/m0/s1. The van der Waals surface area contributed by atoms with Crippen molar-refractivity contribution < 1.29 is 18.3 Å². The highest BCUT2D eigenvalue weighted by molar-refractivity contribution is 9.10. The van der Waals surface area contributed by atoms with E-state index in [0.717, 1.165) is 12.1 Å². The van der Waals surface area contributed by atoms with Gasteiger partial charge >= 0.3 is 6.18 Å². The molecule has 0 fully saturated rings. The van der Waals surface area contributed by atoms with E-state index in [1.807, 2.05) is 19.9 Å². The fraction of sp³-hybridized carbons (Fsp3) is 0.286. The first-order chi connectivity index (χ1) is 14.7. The normalized spacial score (nSPS) is 12.6. The summed E-state index contributed by atoms with van der Waals surface area (Å²) in [5.74, 6) is 0.744. The molecule has 0 radical (unpaired) electrons. The smallest absolute Gasteiger partial charge is 0.394 e. The number of alkyl halides is 3. The minimum atomic E-state index is -4.44. The molecule has 1 atom stereocenters. The van der Waals surface area contributed by atoms with Crippen molar-refractivity contribution >= 4 is 33.4 Å². The third-order valence-electron chi connectivity index (χ3n) is 4.53. The Hall–Kier alpha value is -2.72. The number of aliphatic hydroxyl groups is 1. The Labute approximate surface area is 186 Å². The van der Waals surface area contributed by atoms with Gasteiger partial charge in [0.15, 0.2) is 0 Å². The van der Waals surface area contributed by atoms with Crippen molar-refractivity contribution in [1.29, 1.82) is 0 Å². The molecule has 0 spiro atoms. The third kappa shape index (κ3) is 5.92. The lowest BCUT2D eigenvalue weighted by atomic mass is 10.1. The first-order valence-electron chi connectivity index (χ1n) is 9.49. The van der Waals surface area contributed by atoms with Crippen LogP contribution in [0.4, 0.5) is 30.6 Å². The summed E-state index contributed by atoms with van der Waals surface area (Å²) < 4.78 is 39.1. The number of anilines is 3. The molecule has 2 heterocycles. The lowest BCUT2D eigenvalue weighted by Crippen LogP contribution is -2.30. The highest BCUT2D eigenvalue weighted by Crippen LogP contribution is 2.35. The number of aliphatic hydroxyl groups excluding tert-OH is 1. The van der Waals surface area contributed by atoms with Crippen molar-refractivity contribution in [2.75, 3.05) is 17.2 Å². The maximum atomic E-state index is 12.9. The van der Waals surface area contributed by atoms with Gasteiger partial charge in [-0.15, -0.1) is 0 Å². The van der Waals surface area contributed by atoms with Gasteiger partial charge in [-0.3, -0.25) is 4.98 Å². The van der Waals surface area contributed by atoms with Crippen LogP contribution in [0, 0.1) is 5.92 Å². The SMILES string of the molecule is CC(C)[C@H](CO)Nc1nc(Nc2ccc(C(F)(F)F)cc2Br)cc(-c2ccccn2)n1. The molecule has 10 heteroatoms. The van der Waals surface area contributed by atoms with Crippen molar-refractivity contribution in [1.82, 2.24) is 15.0 Å². The van der Waals surface area contributed by atoms with Crippen LogP contribution < -0.4 is 10.6 Å². The molecular weight excluding hydrogens is 475 g/mol. The van der Waals surface area contributed by atoms with E-state index in [4.69, 9.17) is 0 Å². The minimum absolute atomic E-state index is 0.109. The molecule has 0 amide bonds. The van der Waals surface area contributed by atoms with E-state index in [2.05, 4.69) is 41.5 Å². The van der Waals surface area contributed by atoms with E-state index in [1.54, 1.807) is 24.4 Å².